The van der Waals surface area contributed by atoms with Gasteiger partial charge in [-0.3, -0.25) is 0 Å². The second-order valence-electron chi connectivity index (χ2n) is 5.69. The van der Waals surface area contributed by atoms with Gasteiger partial charge in [0, 0.05) is 6.07 Å². The van der Waals surface area contributed by atoms with Gasteiger partial charge in [-0.15, -0.1) is 0 Å². The van der Waals surface area contributed by atoms with Gasteiger partial charge in [-0.25, -0.2) is 27.8 Å². The number of halogens is 3. The van der Waals surface area contributed by atoms with Crippen LogP contribution in [0.2, 0.25) is 0 Å². The summed E-state index contributed by atoms with van der Waals surface area (Å²) in [5.41, 5.74) is 0.972. The molecule has 0 amide bonds. The average molecular weight is 372 g/mol. The van der Waals surface area contributed by atoms with Crippen molar-refractivity contribution in [2.24, 2.45) is 0 Å². The fourth-order valence-electron chi connectivity index (χ4n) is 2.38. The van der Waals surface area contributed by atoms with E-state index in [1.807, 2.05) is 0 Å². The third-order valence-electron chi connectivity index (χ3n) is 3.68. The van der Waals surface area contributed by atoms with Gasteiger partial charge in [-0.05, 0) is 47.1 Å². The lowest BCUT2D eigenvalue weighted by atomic mass is 10.2. The summed E-state index contributed by atoms with van der Waals surface area (Å²) in [4.78, 5) is 8.32. The van der Waals surface area contributed by atoms with E-state index in [0.717, 1.165) is 17.7 Å². The summed E-state index contributed by atoms with van der Waals surface area (Å²) in [6.07, 6.45) is 0. The van der Waals surface area contributed by atoms with Crippen molar-refractivity contribution in [2.45, 2.75) is 6.92 Å². The molecule has 0 saturated carbocycles. The molecule has 4 rings (SSSR count). The molecule has 0 saturated heterocycles. The topological polar surface area (TPSA) is 88.8 Å². The molecule has 2 aromatic carbocycles. The van der Waals surface area contributed by atoms with Gasteiger partial charge in [0.15, 0.2) is 11.6 Å². The number of anilines is 4. The first-order chi connectivity index (χ1) is 13.0. The van der Waals surface area contributed by atoms with Crippen LogP contribution in [0.5, 0.6) is 0 Å². The van der Waals surface area contributed by atoms with E-state index >= 15 is 0 Å². The Bertz CT molecular complexity index is 1060. The van der Waals surface area contributed by atoms with Crippen LogP contribution in [0.1, 0.15) is 5.56 Å². The minimum absolute atomic E-state index is 0.0312. The first-order valence-electron chi connectivity index (χ1n) is 7.75. The Balaban J connectivity index is 1.77. The van der Waals surface area contributed by atoms with Gasteiger partial charge in [0.05, 0.1) is 11.4 Å². The number of hydrogen-bond acceptors (Lipinski definition) is 7. The lowest BCUT2D eigenvalue weighted by molar-refractivity contribution is 0.314. The van der Waals surface area contributed by atoms with E-state index < -0.39 is 17.5 Å². The number of rotatable bonds is 4. The van der Waals surface area contributed by atoms with Gasteiger partial charge in [0.25, 0.3) is 0 Å². The maximum atomic E-state index is 14.2. The largest absolute Gasteiger partial charge is 0.335 e. The Morgan fingerprint density at radius 1 is 0.778 bits per heavy atom. The second-order valence-corrected chi connectivity index (χ2v) is 5.69. The summed E-state index contributed by atoms with van der Waals surface area (Å²) in [6.45, 7) is 1.75. The summed E-state index contributed by atoms with van der Waals surface area (Å²) in [7, 11) is 0. The fourth-order valence-corrected chi connectivity index (χ4v) is 2.38. The molecular weight excluding hydrogens is 361 g/mol. The molecule has 2 aromatic heterocycles. The van der Waals surface area contributed by atoms with E-state index in [2.05, 4.69) is 35.5 Å². The van der Waals surface area contributed by atoms with Crippen LogP contribution in [0.25, 0.3) is 11.3 Å². The van der Waals surface area contributed by atoms with Crippen molar-refractivity contribution in [2.75, 3.05) is 10.6 Å². The Morgan fingerprint density at radius 3 is 1.89 bits per heavy atom. The number of nitrogens with zero attached hydrogens (tertiary/aromatic N) is 4. The van der Waals surface area contributed by atoms with Crippen LogP contribution >= 0.6 is 0 Å². The van der Waals surface area contributed by atoms with E-state index in [1.165, 1.54) is 18.2 Å². The molecule has 10 heteroatoms. The molecule has 0 aliphatic carbocycles. The summed E-state index contributed by atoms with van der Waals surface area (Å²) in [6, 6.07) is 7.59. The lowest BCUT2D eigenvalue weighted by Gasteiger charge is -2.13. The van der Waals surface area contributed by atoms with Gasteiger partial charge in [-0.1, -0.05) is 6.07 Å². The lowest BCUT2D eigenvalue weighted by Crippen LogP contribution is -2.05. The molecular formula is C17H11F3N6O. The molecule has 7 nitrogen and oxygen atoms in total. The maximum Gasteiger partial charge on any atom is 0.245 e. The number of fused-ring (bicyclic) bond motifs is 1. The number of aromatic nitrogens is 4. The zero-order valence-electron chi connectivity index (χ0n) is 13.8. The summed E-state index contributed by atoms with van der Waals surface area (Å²) in [5, 5.41) is 12.6. The molecule has 0 aliphatic heterocycles. The fraction of sp³-hybridized carbons (Fsp3) is 0.0588. The summed E-state index contributed by atoms with van der Waals surface area (Å²) < 4.78 is 45.8. The van der Waals surface area contributed by atoms with Crippen LogP contribution in [-0.2, 0) is 0 Å². The van der Waals surface area contributed by atoms with Crippen LogP contribution in [-0.4, -0.2) is 20.3 Å². The minimum Gasteiger partial charge on any atom is -0.335 e. The number of hydrogen-bond donors (Lipinski definition) is 2. The monoisotopic (exact) mass is 372 g/mol. The van der Waals surface area contributed by atoms with E-state index in [1.54, 1.807) is 13.0 Å². The molecule has 4 aromatic rings. The molecule has 0 aliphatic rings. The highest BCUT2D eigenvalue weighted by Crippen LogP contribution is 2.29. The molecule has 0 spiro atoms. The first kappa shape index (κ1) is 16.8. The van der Waals surface area contributed by atoms with Crippen molar-refractivity contribution in [1.82, 2.24) is 20.3 Å². The van der Waals surface area contributed by atoms with Crippen LogP contribution in [0.15, 0.2) is 41.0 Å². The van der Waals surface area contributed by atoms with E-state index in [9.17, 15) is 13.2 Å². The molecule has 0 radical (unpaired) electrons. The first-order valence-corrected chi connectivity index (χ1v) is 7.75. The standard InChI is InChI=1S/C17H11F3N6O/c1-8-2-4-12(10(19)6-8)21-14-15(24-17-16(23-14)25-27-26-17)22-13-5-3-9(18)7-11(13)20/h2-7H,1H3,(H,21,23,25)(H,22,24,26). The van der Waals surface area contributed by atoms with Crippen molar-refractivity contribution < 1.29 is 17.8 Å². The molecule has 0 atom stereocenters. The Hall–Kier alpha value is -3.69. The van der Waals surface area contributed by atoms with E-state index in [0.29, 0.717) is 0 Å². The number of benzene rings is 2. The van der Waals surface area contributed by atoms with E-state index in [-0.39, 0.29) is 34.3 Å². The van der Waals surface area contributed by atoms with Crippen molar-refractivity contribution in [3.63, 3.8) is 0 Å². The van der Waals surface area contributed by atoms with Crippen molar-refractivity contribution in [3.8, 4) is 0 Å². The summed E-state index contributed by atoms with van der Waals surface area (Å²) >= 11 is 0. The predicted octanol–water partition coefficient (Wildman–Crippen LogP) is 4.23. The SMILES string of the molecule is Cc1ccc(Nc2nc3nonc3nc2Nc2ccc(F)cc2F)c(F)c1. The number of nitrogens with one attached hydrogen (secondary N) is 2. The third-order valence-corrected chi connectivity index (χ3v) is 3.68. The Morgan fingerprint density at radius 2 is 1.33 bits per heavy atom. The van der Waals surface area contributed by atoms with Crippen LogP contribution < -0.4 is 10.6 Å². The van der Waals surface area contributed by atoms with Gasteiger partial charge in [-0.2, -0.15) is 0 Å². The number of aryl methyl sites for hydroxylation is 1. The maximum absolute atomic E-state index is 14.2. The molecule has 136 valence electrons. The van der Waals surface area contributed by atoms with Crippen LogP contribution in [0, 0.1) is 24.4 Å². The highest BCUT2D eigenvalue weighted by Gasteiger charge is 2.16. The minimum atomic E-state index is -0.831. The summed E-state index contributed by atoms with van der Waals surface area (Å²) in [5.74, 6) is -1.97. The van der Waals surface area contributed by atoms with Gasteiger partial charge >= 0.3 is 0 Å². The predicted molar refractivity (Wildman–Crippen MR) is 91.5 cm³/mol. The highest BCUT2D eigenvalue weighted by molar-refractivity contribution is 5.79. The molecule has 2 heterocycles. The normalized spacial score (nSPS) is 11.0. The van der Waals surface area contributed by atoms with Crippen molar-refractivity contribution in [3.05, 3.63) is 59.4 Å². The van der Waals surface area contributed by atoms with Crippen molar-refractivity contribution >= 4 is 34.3 Å². The third kappa shape index (κ3) is 3.36. The second kappa shape index (κ2) is 6.56. The smallest absolute Gasteiger partial charge is 0.245 e. The zero-order chi connectivity index (χ0) is 19.0. The van der Waals surface area contributed by atoms with Gasteiger partial charge in [0.1, 0.15) is 17.5 Å². The molecule has 0 bridgehead atoms. The molecule has 27 heavy (non-hydrogen) atoms. The van der Waals surface area contributed by atoms with Crippen molar-refractivity contribution in [1.29, 1.82) is 0 Å². The molecule has 0 fully saturated rings. The van der Waals surface area contributed by atoms with Crippen LogP contribution in [0.3, 0.4) is 0 Å². The molecule has 0 unspecified atom stereocenters. The highest BCUT2D eigenvalue weighted by atomic mass is 19.1. The Kier molecular flexibility index (Phi) is 4.07. The van der Waals surface area contributed by atoms with Crippen LogP contribution in [0.4, 0.5) is 36.2 Å². The van der Waals surface area contributed by atoms with E-state index in [4.69, 9.17) is 0 Å². The average Bonchev–Trinajstić information content (AvgIpc) is 3.07. The quantitative estimate of drug-likeness (QED) is 0.554. The molecule has 2 N–H and O–H groups in total. The Labute approximate surface area is 150 Å². The van der Waals surface area contributed by atoms with Gasteiger partial charge in [0.2, 0.25) is 11.3 Å². The zero-order valence-corrected chi connectivity index (χ0v) is 13.8. The van der Waals surface area contributed by atoms with Gasteiger partial charge < -0.3 is 10.6 Å².